The molecule has 0 spiro atoms. The predicted molar refractivity (Wildman–Crippen MR) is 87.0 cm³/mol. The second-order valence-electron chi connectivity index (χ2n) is 5.99. The summed E-state index contributed by atoms with van der Waals surface area (Å²) >= 11 is 1.84. The van der Waals surface area contributed by atoms with Gasteiger partial charge in [-0.2, -0.15) is 0 Å². The van der Waals surface area contributed by atoms with E-state index in [1.807, 2.05) is 24.3 Å². The van der Waals surface area contributed by atoms with Gasteiger partial charge in [0.2, 0.25) is 0 Å². The second-order valence-corrected chi connectivity index (χ2v) is 6.97. The molecule has 0 radical (unpaired) electrons. The summed E-state index contributed by atoms with van der Waals surface area (Å²) < 4.78 is 13.2. The van der Waals surface area contributed by atoms with E-state index in [0.29, 0.717) is 6.04 Å². The first-order valence-electron chi connectivity index (χ1n) is 7.76. The van der Waals surface area contributed by atoms with Crippen LogP contribution < -0.4 is 5.32 Å². The summed E-state index contributed by atoms with van der Waals surface area (Å²) in [6.45, 7) is 2.79. The Labute approximate surface area is 130 Å². The van der Waals surface area contributed by atoms with Crippen LogP contribution in [0.15, 0.2) is 35.7 Å². The highest BCUT2D eigenvalue weighted by atomic mass is 32.1. The van der Waals surface area contributed by atoms with Gasteiger partial charge in [0.25, 0.3) is 0 Å². The molecular weight excluding hydrogens is 281 g/mol. The number of thiophene rings is 1. The molecule has 1 aliphatic carbocycles. The van der Waals surface area contributed by atoms with Crippen LogP contribution in [0.5, 0.6) is 0 Å². The Balaban J connectivity index is 1.72. The number of nitrogens with one attached hydrogen (secondary N) is 1. The molecule has 1 atom stereocenters. The van der Waals surface area contributed by atoms with E-state index in [4.69, 9.17) is 0 Å². The van der Waals surface area contributed by atoms with Gasteiger partial charge in [-0.05, 0) is 60.4 Å². The normalized spacial score (nSPS) is 17.2. The van der Waals surface area contributed by atoms with Gasteiger partial charge in [0.15, 0.2) is 0 Å². The fourth-order valence-electron chi connectivity index (χ4n) is 3.34. The Morgan fingerprint density at radius 1 is 1.29 bits per heavy atom. The second kappa shape index (κ2) is 6.71. The van der Waals surface area contributed by atoms with Crippen LogP contribution in [-0.2, 0) is 6.54 Å². The van der Waals surface area contributed by atoms with Crippen LogP contribution >= 0.6 is 11.3 Å². The van der Waals surface area contributed by atoms with Crippen molar-refractivity contribution < 1.29 is 4.39 Å². The molecular formula is C18H22FNS. The fraction of sp³-hybridized carbons (Fsp3) is 0.444. The average Bonchev–Trinajstić information content (AvgIpc) is 3.14. The maximum Gasteiger partial charge on any atom is 0.123 e. The van der Waals surface area contributed by atoms with E-state index in [1.54, 1.807) is 12.1 Å². The van der Waals surface area contributed by atoms with Gasteiger partial charge < -0.3 is 5.32 Å². The Kier molecular flexibility index (Phi) is 4.71. The van der Waals surface area contributed by atoms with Crippen LogP contribution in [-0.4, -0.2) is 0 Å². The zero-order valence-corrected chi connectivity index (χ0v) is 13.3. The number of rotatable bonds is 5. The maximum atomic E-state index is 13.2. The van der Waals surface area contributed by atoms with E-state index >= 15 is 0 Å². The van der Waals surface area contributed by atoms with Crippen molar-refractivity contribution in [2.75, 3.05) is 0 Å². The third-order valence-electron chi connectivity index (χ3n) is 4.54. The van der Waals surface area contributed by atoms with Crippen LogP contribution in [0, 0.1) is 18.7 Å². The summed E-state index contributed by atoms with van der Waals surface area (Å²) in [5, 5.41) is 5.88. The Bertz CT molecular complexity index is 573. The van der Waals surface area contributed by atoms with Gasteiger partial charge >= 0.3 is 0 Å². The van der Waals surface area contributed by atoms with Gasteiger partial charge in [-0.25, -0.2) is 4.39 Å². The highest BCUT2D eigenvalue weighted by molar-refractivity contribution is 7.10. The molecule has 112 valence electrons. The van der Waals surface area contributed by atoms with Gasteiger partial charge in [-0.3, -0.25) is 0 Å². The molecule has 0 saturated heterocycles. The molecule has 0 aliphatic heterocycles. The number of aryl methyl sites for hydroxylation is 1. The van der Waals surface area contributed by atoms with E-state index in [1.165, 1.54) is 36.1 Å². The van der Waals surface area contributed by atoms with Gasteiger partial charge in [-0.1, -0.05) is 25.0 Å². The fourth-order valence-corrected chi connectivity index (χ4v) is 4.23. The summed E-state index contributed by atoms with van der Waals surface area (Å²) in [4.78, 5) is 1.43. The number of halogens is 1. The van der Waals surface area contributed by atoms with Crippen LogP contribution in [0.3, 0.4) is 0 Å². The number of hydrogen-bond acceptors (Lipinski definition) is 2. The van der Waals surface area contributed by atoms with Crippen molar-refractivity contribution in [1.29, 1.82) is 0 Å². The molecule has 1 unspecified atom stereocenters. The standard InChI is InChI=1S/C18H22FNS/c1-13-11-16(19)9-8-15(13)12-20-18(14-5-2-3-6-14)17-7-4-10-21-17/h4,7-11,14,18,20H,2-3,5-6,12H2,1H3. The van der Waals surface area contributed by atoms with Crippen molar-refractivity contribution in [1.82, 2.24) is 5.32 Å². The lowest BCUT2D eigenvalue weighted by Crippen LogP contribution is -2.26. The van der Waals surface area contributed by atoms with Crippen molar-refractivity contribution in [2.45, 2.75) is 45.2 Å². The minimum absolute atomic E-state index is 0.151. The lowest BCUT2D eigenvalue weighted by atomic mass is 9.96. The van der Waals surface area contributed by atoms with Crippen LogP contribution in [0.1, 0.15) is 47.7 Å². The van der Waals surface area contributed by atoms with Gasteiger partial charge in [0.1, 0.15) is 5.82 Å². The molecule has 1 aromatic carbocycles. The van der Waals surface area contributed by atoms with E-state index in [2.05, 4.69) is 22.8 Å². The molecule has 21 heavy (non-hydrogen) atoms. The molecule has 3 rings (SSSR count). The largest absolute Gasteiger partial charge is 0.305 e. The number of hydrogen-bond donors (Lipinski definition) is 1. The molecule has 1 N–H and O–H groups in total. The highest BCUT2D eigenvalue weighted by Gasteiger charge is 2.26. The lowest BCUT2D eigenvalue weighted by Gasteiger charge is -2.24. The van der Waals surface area contributed by atoms with Crippen LogP contribution in [0.2, 0.25) is 0 Å². The Morgan fingerprint density at radius 2 is 2.10 bits per heavy atom. The number of benzene rings is 1. The summed E-state index contributed by atoms with van der Waals surface area (Å²) in [5.41, 5.74) is 2.22. The van der Waals surface area contributed by atoms with Gasteiger partial charge in [0.05, 0.1) is 0 Å². The van der Waals surface area contributed by atoms with E-state index in [9.17, 15) is 4.39 Å². The molecule has 1 saturated carbocycles. The zero-order chi connectivity index (χ0) is 14.7. The lowest BCUT2D eigenvalue weighted by molar-refractivity contribution is 0.370. The first-order chi connectivity index (χ1) is 10.2. The minimum Gasteiger partial charge on any atom is -0.305 e. The monoisotopic (exact) mass is 303 g/mol. The molecule has 2 aromatic rings. The molecule has 1 nitrogen and oxygen atoms in total. The van der Waals surface area contributed by atoms with Gasteiger partial charge in [0, 0.05) is 17.5 Å². The van der Waals surface area contributed by atoms with Gasteiger partial charge in [-0.15, -0.1) is 11.3 Å². The van der Waals surface area contributed by atoms with Crippen molar-refractivity contribution in [3.63, 3.8) is 0 Å². The summed E-state index contributed by atoms with van der Waals surface area (Å²) in [5.74, 6) is 0.589. The molecule has 0 bridgehead atoms. The molecule has 1 heterocycles. The minimum atomic E-state index is -0.151. The Hall–Kier alpha value is -1.19. The zero-order valence-electron chi connectivity index (χ0n) is 12.4. The maximum absolute atomic E-state index is 13.2. The smallest absolute Gasteiger partial charge is 0.123 e. The Morgan fingerprint density at radius 3 is 2.76 bits per heavy atom. The quantitative estimate of drug-likeness (QED) is 0.799. The van der Waals surface area contributed by atoms with Crippen molar-refractivity contribution >= 4 is 11.3 Å². The molecule has 1 aromatic heterocycles. The first kappa shape index (κ1) is 14.7. The first-order valence-corrected chi connectivity index (χ1v) is 8.64. The average molecular weight is 303 g/mol. The van der Waals surface area contributed by atoms with Crippen molar-refractivity contribution in [3.05, 3.63) is 57.5 Å². The van der Waals surface area contributed by atoms with Crippen LogP contribution in [0.25, 0.3) is 0 Å². The highest BCUT2D eigenvalue weighted by Crippen LogP contribution is 2.37. The van der Waals surface area contributed by atoms with E-state index in [0.717, 1.165) is 18.0 Å². The summed E-state index contributed by atoms with van der Waals surface area (Å²) in [6, 6.07) is 9.88. The van der Waals surface area contributed by atoms with Crippen LogP contribution in [0.4, 0.5) is 4.39 Å². The topological polar surface area (TPSA) is 12.0 Å². The van der Waals surface area contributed by atoms with E-state index < -0.39 is 0 Å². The molecule has 3 heteroatoms. The molecule has 1 aliphatic rings. The van der Waals surface area contributed by atoms with E-state index in [-0.39, 0.29) is 5.82 Å². The molecule has 1 fully saturated rings. The summed E-state index contributed by atoms with van der Waals surface area (Å²) in [7, 11) is 0. The SMILES string of the molecule is Cc1cc(F)ccc1CNC(c1cccs1)C1CCCC1. The third-order valence-corrected chi connectivity index (χ3v) is 5.49. The van der Waals surface area contributed by atoms with Crippen molar-refractivity contribution in [2.24, 2.45) is 5.92 Å². The third kappa shape index (κ3) is 3.53. The molecule has 0 amide bonds. The predicted octanol–water partition coefficient (Wildman–Crippen LogP) is 5.22. The van der Waals surface area contributed by atoms with Crippen molar-refractivity contribution in [3.8, 4) is 0 Å². The summed E-state index contributed by atoms with van der Waals surface area (Å²) in [6.07, 6.45) is 5.34.